The maximum Gasteiger partial charge on any atom is 0.0109 e. The quantitative estimate of drug-likeness (QED) is 0.604. The first-order chi connectivity index (χ1) is 6.20. The van der Waals surface area contributed by atoms with E-state index >= 15 is 0 Å². The Morgan fingerprint density at radius 2 is 1.69 bits per heavy atom. The van der Waals surface area contributed by atoms with Gasteiger partial charge in [0.25, 0.3) is 0 Å². The molecule has 0 aromatic rings. The first-order valence-corrected chi connectivity index (χ1v) is 5.27. The van der Waals surface area contributed by atoms with Gasteiger partial charge in [0.1, 0.15) is 0 Å². The van der Waals surface area contributed by atoms with E-state index in [-0.39, 0.29) is 0 Å². The van der Waals surface area contributed by atoms with Gasteiger partial charge in [0.2, 0.25) is 0 Å². The van der Waals surface area contributed by atoms with Crippen molar-refractivity contribution < 1.29 is 0 Å². The summed E-state index contributed by atoms with van der Waals surface area (Å²) in [7, 11) is 4.24. The zero-order valence-electron chi connectivity index (χ0n) is 9.42. The minimum absolute atomic E-state index is 0.808. The Balaban J connectivity index is 3.53. The largest absolute Gasteiger partial charge is 0.330 e. The van der Waals surface area contributed by atoms with Gasteiger partial charge in [0.05, 0.1) is 0 Å². The summed E-state index contributed by atoms with van der Waals surface area (Å²) in [6.45, 7) is 7.70. The maximum absolute atomic E-state index is 5.49. The summed E-state index contributed by atoms with van der Waals surface area (Å²) in [5.74, 6) is 0. The van der Waals surface area contributed by atoms with Crippen molar-refractivity contribution in [1.82, 2.24) is 9.80 Å². The van der Waals surface area contributed by atoms with Crippen molar-refractivity contribution in [1.29, 1.82) is 0 Å². The Kier molecular flexibility index (Phi) is 8.40. The van der Waals surface area contributed by atoms with Crippen LogP contribution in [0.1, 0.15) is 19.8 Å². The Hall–Kier alpha value is -0.120. The van der Waals surface area contributed by atoms with Crippen LogP contribution in [0.25, 0.3) is 0 Å². The molecule has 0 aliphatic heterocycles. The van der Waals surface area contributed by atoms with Crippen molar-refractivity contribution in [2.75, 3.05) is 46.8 Å². The lowest BCUT2D eigenvalue weighted by Crippen LogP contribution is -2.33. The van der Waals surface area contributed by atoms with E-state index in [2.05, 4.69) is 30.8 Å². The van der Waals surface area contributed by atoms with Gasteiger partial charge in [-0.25, -0.2) is 0 Å². The van der Waals surface area contributed by atoms with Crippen LogP contribution in [0.3, 0.4) is 0 Å². The average molecular weight is 187 g/mol. The first kappa shape index (κ1) is 12.9. The molecule has 0 spiro atoms. The molecule has 0 unspecified atom stereocenters. The van der Waals surface area contributed by atoms with E-state index in [1.165, 1.54) is 19.5 Å². The molecular formula is C10H25N3. The highest BCUT2D eigenvalue weighted by Crippen LogP contribution is 1.93. The monoisotopic (exact) mass is 187 g/mol. The lowest BCUT2D eigenvalue weighted by atomic mass is 10.3. The molecule has 0 saturated carbocycles. The third-order valence-electron chi connectivity index (χ3n) is 2.08. The van der Waals surface area contributed by atoms with Crippen LogP contribution < -0.4 is 5.73 Å². The third-order valence-corrected chi connectivity index (χ3v) is 2.08. The van der Waals surface area contributed by atoms with Gasteiger partial charge in [0, 0.05) is 13.1 Å². The summed E-state index contributed by atoms with van der Waals surface area (Å²) in [6, 6.07) is 0. The van der Waals surface area contributed by atoms with E-state index in [1.54, 1.807) is 0 Å². The smallest absolute Gasteiger partial charge is 0.0109 e. The Morgan fingerprint density at radius 3 is 2.15 bits per heavy atom. The summed E-state index contributed by atoms with van der Waals surface area (Å²) >= 11 is 0. The zero-order valence-corrected chi connectivity index (χ0v) is 9.42. The molecule has 13 heavy (non-hydrogen) atoms. The number of rotatable bonds is 8. The highest BCUT2D eigenvalue weighted by atomic mass is 15.2. The predicted octanol–water partition coefficient (Wildman–Crippen LogP) is 0.609. The molecule has 0 bridgehead atoms. The number of hydrogen-bond donors (Lipinski definition) is 1. The SMILES string of the molecule is CCCN(CCCN)CCN(C)C. The second-order valence-electron chi connectivity index (χ2n) is 3.79. The minimum atomic E-state index is 0.808. The molecule has 2 N–H and O–H groups in total. The van der Waals surface area contributed by atoms with Crippen LogP contribution in [-0.4, -0.2) is 56.6 Å². The predicted molar refractivity (Wildman–Crippen MR) is 59.0 cm³/mol. The molecule has 0 fully saturated rings. The van der Waals surface area contributed by atoms with Gasteiger partial charge in [-0.2, -0.15) is 0 Å². The number of nitrogens with zero attached hydrogens (tertiary/aromatic N) is 2. The Bertz CT molecular complexity index is 104. The lowest BCUT2D eigenvalue weighted by Gasteiger charge is -2.23. The first-order valence-electron chi connectivity index (χ1n) is 5.27. The van der Waals surface area contributed by atoms with Crippen molar-refractivity contribution in [2.24, 2.45) is 5.73 Å². The van der Waals surface area contributed by atoms with Crippen LogP contribution in [0, 0.1) is 0 Å². The van der Waals surface area contributed by atoms with Crippen molar-refractivity contribution in [2.45, 2.75) is 19.8 Å². The Labute approximate surface area is 82.9 Å². The van der Waals surface area contributed by atoms with Crippen LogP contribution in [0.5, 0.6) is 0 Å². The second kappa shape index (κ2) is 8.48. The fourth-order valence-electron chi connectivity index (χ4n) is 1.31. The van der Waals surface area contributed by atoms with E-state index in [0.29, 0.717) is 0 Å². The third kappa shape index (κ3) is 8.22. The lowest BCUT2D eigenvalue weighted by molar-refractivity contribution is 0.240. The maximum atomic E-state index is 5.49. The van der Waals surface area contributed by atoms with Gasteiger partial charge in [-0.05, 0) is 46.6 Å². The molecule has 0 aromatic heterocycles. The summed E-state index contributed by atoms with van der Waals surface area (Å²) in [6.07, 6.45) is 2.35. The van der Waals surface area contributed by atoms with Gasteiger partial charge >= 0.3 is 0 Å². The molecule has 0 aliphatic rings. The number of likely N-dealkylation sites (N-methyl/N-ethyl adjacent to an activating group) is 1. The molecule has 0 aliphatic carbocycles. The van der Waals surface area contributed by atoms with E-state index in [1.807, 2.05) is 0 Å². The summed E-state index contributed by atoms with van der Waals surface area (Å²) in [5, 5.41) is 0. The van der Waals surface area contributed by atoms with Gasteiger partial charge in [0.15, 0.2) is 0 Å². The van der Waals surface area contributed by atoms with Crippen LogP contribution in [-0.2, 0) is 0 Å². The van der Waals surface area contributed by atoms with E-state index in [0.717, 1.165) is 26.1 Å². The Morgan fingerprint density at radius 1 is 1.00 bits per heavy atom. The van der Waals surface area contributed by atoms with Crippen molar-refractivity contribution in [3.05, 3.63) is 0 Å². The second-order valence-corrected chi connectivity index (χ2v) is 3.79. The van der Waals surface area contributed by atoms with Crippen LogP contribution in [0.2, 0.25) is 0 Å². The summed E-state index contributed by atoms with van der Waals surface area (Å²) < 4.78 is 0. The topological polar surface area (TPSA) is 32.5 Å². The molecule has 3 heteroatoms. The highest BCUT2D eigenvalue weighted by Gasteiger charge is 2.02. The standard InChI is InChI=1S/C10H25N3/c1-4-7-13(8-5-6-11)10-9-12(2)3/h4-11H2,1-3H3. The molecule has 0 radical (unpaired) electrons. The highest BCUT2D eigenvalue weighted by molar-refractivity contribution is 4.59. The van der Waals surface area contributed by atoms with Gasteiger partial charge < -0.3 is 15.5 Å². The van der Waals surface area contributed by atoms with Crippen LogP contribution >= 0.6 is 0 Å². The molecule has 3 nitrogen and oxygen atoms in total. The normalized spacial score (nSPS) is 11.5. The van der Waals surface area contributed by atoms with Crippen LogP contribution in [0.15, 0.2) is 0 Å². The molecular weight excluding hydrogens is 162 g/mol. The van der Waals surface area contributed by atoms with E-state index in [9.17, 15) is 0 Å². The molecule has 0 atom stereocenters. The van der Waals surface area contributed by atoms with Crippen molar-refractivity contribution in [3.63, 3.8) is 0 Å². The molecule has 0 heterocycles. The van der Waals surface area contributed by atoms with E-state index < -0.39 is 0 Å². The van der Waals surface area contributed by atoms with Gasteiger partial charge in [-0.1, -0.05) is 6.92 Å². The summed E-state index contributed by atoms with van der Waals surface area (Å²) in [4.78, 5) is 4.72. The molecule has 0 rings (SSSR count). The van der Waals surface area contributed by atoms with Crippen LogP contribution in [0.4, 0.5) is 0 Å². The molecule has 0 saturated heterocycles. The minimum Gasteiger partial charge on any atom is -0.330 e. The molecule has 80 valence electrons. The molecule has 0 aromatic carbocycles. The number of nitrogens with two attached hydrogens (primary N) is 1. The fraction of sp³-hybridized carbons (Fsp3) is 1.00. The van der Waals surface area contributed by atoms with Gasteiger partial charge in [-0.15, -0.1) is 0 Å². The van der Waals surface area contributed by atoms with E-state index in [4.69, 9.17) is 5.73 Å². The number of hydrogen-bond acceptors (Lipinski definition) is 3. The fourth-order valence-corrected chi connectivity index (χ4v) is 1.31. The molecule has 0 amide bonds. The van der Waals surface area contributed by atoms with Gasteiger partial charge in [-0.3, -0.25) is 0 Å². The summed E-state index contributed by atoms with van der Waals surface area (Å²) in [5.41, 5.74) is 5.49. The average Bonchev–Trinajstić information content (AvgIpc) is 2.09. The van der Waals surface area contributed by atoms with Crippen molar-refractivity contribution >= 4 is 0 Å². The van der Waals surface area contributed by atoms with Crippen molar-refractivity contribution in [3.8, 4) is 0 Å². The zero-order chi connectivity index (χ0) is 10.1.